The lowest BCUT2D eigenvalue weighted by atomic mass is 10.1. The van der Waals surface area contributed by atoms with Gasteiger partial charge >= 0.3 is 0 Å². The number of halogens is 2. The first kappa shape index (κ1) is 16.9. The van der Waals surface area contributed by atoms with Gasteiger partial charge in [0.15, 0.2) is 0 Å². The summed E-state index contributed by atoms with van der Waals surface area (Å²) in [7, 11) is 3.72. The molecule has 1 unspecified atom stereocenters. The van der Waals surface area contributed by atoms with Gasteiger partial charge in [-0.05, 0) is 19.1 Å². The molecule has 0 aliphatic carbocycles. The van der Waals surface area contributed by atoms with Crippen LogP contribution in [-0.2, 0) is 11.3 Å². The van der Waals surface area contributed by atoms with Gasteiger partial charge in [-0.25, -0.2) is 13.8 Å². The van der Waals surface area contributed by atoms with Crippen LogP contribution < -0.4 is 4.90 Å². The van der Waals surface area contributed by atoms with E-state index in [0.29, 0.717) is 6.41 Å². The van der Waals surface area contributed by atoms with Crippen LogP contribution in [0.3, 0.4) is 0 Å². The SMILES string of the molecule is CC(c1ccc(F)cc1F)N(C=O)Cc1cccnc1N(C)C. The molecule has 6 heteroatoms. The molecule has 1 atom stereocenters. The quantitative estimate of drug-likeness (QED) is 0.768. The van der Waals surface area contributed by atoms with Crippen molar-refractivity contribution in [3.63, 3.8) is 0 Å². The second-order valence-corrected chi connectivity index (χ2v) is 5.50. The second-order valence-electron chi connectivity index (χ2n) is 5.50. The maximum Gasteiger partial charge on any atom is 0.210 e. The summed E-state index contributed by atoms with van der Waals surface area (Å²) in [5.74, 6) is -0.562. The third kappa shape index (κ3) is 3.83. The molecule has 2 rings (SSSR count). The minimum Gasteiger partial charge on any atom is -0.362 e. The van der Waals surface area contributed by atoms with Gasteiger partial charge in [0, 0.05) is 44.0 Å². The summed E-state index contributed by atoms with van der Waals surface area (Å²) in [6.07, 6.45) is 2.34. The predicted molar refractivity (Wildman–Crippen MR) is 84.9 cm³/mol. The lowest BCUT2D eigenvalue weighted by Gasteiger charge is -2.27. The van der Waals surface area contributed by atoms with Crippen LogP contribution in [0, 0.1) is 11.6 Å². The zero-order valence-corrected chi connectivity index (χ0v) is 13.3. The number of benzene rings is 1. The highest BCUT2D eigenvalue weighted by molar-refractivity contribution is 5.52. The summed E-state index contributed by atoms with van der Waals surface area (Å²) in [5.41, 5.74) is 1.12. The first-order valence-corrected chi connectivity index (χ1v) is 7.21. The Morgan fingerprint density at radius 1 is 1.26 bits per heavy atom. The molecule has 0 spiro atoms. The molecular weight excluding hydrogens is 300 g/mol. The monoisotopic (exact) mass is 319 g/mol. The second kappa shape index (κ2) is 7.17. The van der Waals surface area contributed by atoms with Gasteiger partial charge in [0.25, 0.3) is 0 Å². The molecule has 1 amide bonds. The van der Waals surface area contributed by atoms with E-state index >= 15 is 0 Å². The van der Waals surface area contributed by atoms with Gasteiger partial charge in [-0.15, -0.1) is 0 Å². The van der Waals surface area contributed by atoms with E-state index < -0.39 is 17.7 Å². The number of aromatic nitrogens is 1. The predicted octanol–water partition coefficient (Wildman–Crippen LogP) is 3.15. The highest BCUT2D eigenvalue weighted by Crippen LogP contribution is 2.26. The van der Waals surface area contributed by atoms with Crippen LogP contribution in [0.1, 0.15) is 24.1 Å². The minimum absolute atomic E-state index is 0.272. The number of amides is 1. The molecule has 0 saturated carbocycles. The highest BCUT2D eigenvalue weighted by atomic mass is 19.1. The van der Waals surface area contributed by atoms with E-state index in [1.807, 2.05) is 25.1 Å². The Bertz CT molecular complexity index is 691. The molecule has 0 bridgehead atoms. The molecule has 0 radical (unpaired) electrons. The molecule has 0 N–H and O–H groups in total. The number of rotatable bonds is 6. The molecule has 0 fully saturated rings. The Labute approximate surface area is 134 Å². The van der Waals surface area contributed by atoms with Crippen LogP contribution in [0.4, 0.5) is 14.6 Å². The fraction of sp³-hybridized carbons (Fsp3) is 0.294. The van der Waals surface area contributed by atoms with Crippen LogP contribution in [0.5, 0.6) is 0 Å². The number of anilines is 1. The van der Waals surface area contributed by atoms with E-state index in [2.05, 4.69) is 4.98 Å². The average molecular weight is 319 g/mol. The molecular formula is C17H19F2N3O. The molecule has 4 nitrogen and oxygen atoms in total. The Morgan fingerprint density at radius 3 is 2.61 bits per heavy atom. The molecule has 122 valence electrons. The van der Waals surface area contributed by atoms with Crippen LogP contribution in [0.2, 0.25) is 0 Å². The van der Waals surface area contributed by atoms with Crippen LogP contribution in [0.25, 0.3) is 0 Å². The number of hydrogen-bond donors (Lipinski definition) is 0. The van der Waals surface area contributed by atoms with Crippen LogP contribution >= 0.6 is 0 Å². The Balaban J connectivity index is 2.28. The van der Waals surface area contributed by atoms with Crippen molar-refractivity contribution in [2.75, 3.05) is 19.0 Å². The summed E-state index contributed by atoms with van der Waals surface area (Å²) in [6.45, 7) is 1.99. The molecule has 1 aromatic heterocycles. The van der Waals surface area contributed by atoms with E-state index in [9.17, 15) is 13.6 Å². The summed E-state index contributed by atoms with van der Waals surface area (Å²) in [5, 5.41) is 0. The van der Waals surface area contributed by atoms with Crippen LogP contribution in [-0.4, -0.2) is 30.4 Å². The number of hydrogen-bond acceptors (Lipinski definition) is 3. The first-order chi connectivity index (χ1) is 10.9. The topological polar surface area (TPSA) is 36.4 Å². The highest BCUT2D eigenvalue weighted by Gasteiger charge is 2.20. The van der Waals surface area contributed by atoms with E-state index in [0.717, 1.165) is 17.4 Å². The Morgan fingerprint density at radius 2 is 2.00 bits per heavy atom. The van der Waals surface area contributed by atoms with Crippen molar-refractivity contribution >= 4 is 12.2 Å². The van der Waals surface area contributed by atoms with Crippen molar-refractivity contribution in [1.29, 1.82) is 0 Å². The normalized spacial score (nSPS) is 11.9. The lowest BCUT2D eigenvalue weighted by molar-refractivity contribution is -0.120. The molecule has 0 aliphatic rings. The molecule has 23 heavy (non-hydrogen) atoms. The molecule has 0 aliphatic heterocycles. The summed E-state index contributed by atoms with van der Waals surface area (Å²) < 4.78 is 27.0. The zero-order valence-electron chi connectivity index (χ0n) is 13.3. The van der Waals surface area contributed by atoms with Crippen molar-refractivity contribution in [2.24, 2.45) is 0 Å². The number of carbonyl (C=O) groups excluding carboxylic acids is 1. The van der Waals surface area contributed by atoms with E-state index in [1.165, 1.54) is 17.0 Å². The van der Waals surface area contributed by atoms with E-state index in [-0.39, 0.29) is 12.1 Å². The van der Waals surface area contributed by atoms with Crippen molar-refractivity contribution in [2.45, 2.75) is 19.5 Å². The van der Waals surface area contributed by atoms with E-state index in [4.69, 9.17) is 0 Å². The number of carbonyl (C=O) groups is 1. The third-order valence-electron chi connectivity index (χ3n) is 3.69. The van der Waals surface area contributed by atoms with Crippen LogP contribution in [0.15, 0.2) is 36.5 Å². The maximum atomic E-state index is 13.9. The lowest BCUT2D eigenvalue weighted by Crippen LogP contribution is -2.27. The Hall–Kier alpha value is -2.50. The fourth-order valence-corrected chi connectivity index (χ4v) is 2.44. The summed E-state index contributed by atoms with van der Waals surface area (Å²) in [6, 6.07) is 6.50. The van der Waals surface area contributed by atoms with Crippen molar-refractivity contribution in [3.8, 4) is 0 Å². The minimum atomic E-state index is -0.664. The third-order valence-corrected chi connectivity index (χ3v) is 3.69. The van der Waals surface area contributed by atoms with Crippen molar-refractivity contribution in [1.82, 2.24) is 9.88 Å². The smallest absolute Gasteiger partial charge is 0.210 e. The maximum absolute atomic E-state index is 13.9. The molecule has 1 heterocycles. The van der Waals surface area contributed by atoms with Gasteiger partial charge in [-0.2, -0.15) is 0 Å². The molecule has 1 aromatic carbocycles. The number of pyridine rings is 1. The van der Waals surface area contributed by atoms with Gasteiger partial charge in [-0.3, -0.25) is 4.79 Å². The Kier molecular flexibility index (Phi) is 5.26. The van der Waals surface area contributed by atoms with Gasteiger partial charge in [0.2, 0.25) is 6.41 Å². The van der Waals surface area contributed by atoms with Gasteiger partial charge < -0.3 is 9.80 Å². The molecule has 2 aromatic rings. The van der Waals surface area contributed by atoms with Gasteiger partial charge in [-0.1, -0.05) is 12.1 Å². The number of nitrogens with zero attached hydrogens (tertiary/aromatic N) is 3. The van der Waals surface area contributed by atoms with Gasteiger partial charge in [0.05, 0.1) is 6.04 Å². The summed E-state index contributed by atoms with van der Waals surface area (Å²) in [4.78, 5) is 19.1. The first-order valence-electron chi connectivity index (χ1n) is 7.21. The average Bonchev–Trinajstić information content (AvgIpc) is 2.52. The standard InChI is InChI=1S/C17H19F2N3O/c1-12(15-7-6-14(18)9-16(15)19)22(11-23)10-13-5-4-8-20-17(13)21(2)3/h4-9,11-12H,10H2,1-3H3. The fourth-order valence-electron chi connectivity index (χ4n) is 2.44. The van der Waals surface area contributed by atoms with Crippen molar-refractivity contribution in [3.05, 3.63) is 59.3 Å². The molecule has 0 saturated heterocycles. The zero-order chi connectivity index (χ0) is 17.0. The largest absolute Gasteiger partial charge is 0.362 e. The van der Waals surface area contributed by atoms with E-state index in [1.54, 1.807) is 19.2 Å². The van der Waals surface area contributed by atoms with Crippen molar-refractivity contribution < 1.29 is 13.6 Å². The van der Waals surface area contributed by atoms with Gasteiger partial charge in [0.1, 0.15) is 17.5 Å². The summed E-state index contributed by atoms with van der Waals surface area (Å²) >= 11 is 0.